The SMILES string of the molecule is Cc1cc(C)cc(C(=O)NC(=S)Nc2ccc(N3CCC(C)CC3)cc2)c1. The Morgan fingerprint density at radius 2 is 1.63 bits per heavy atom. The molecule has 2 aromatic carbocycles. The maximum atomic E-state index is 12.4. The molecule has 0 aromatic heterocycles. The molecule has 27 heavy (non-hydrogen) atoms. The molecule has 0 atom stereocenters. The fourth-order valence-electron chi connectivity index (χ4n) is 3.47. The van der Waals surface area contributed by atoms with Gasteiger partial charge in [0.15, 0.2) is 5.11 Å². The van der Waals surface area contributed by atoms with E-state index >= 15 is 0 Å². The zero-order valence-corrected chi connectivity index (χ0v) is 17.0. The number of amides is 1. The van der Waals surface area contributed by atoms with Crippen molar-refractivity contribution in [1.29, 1.82) is 0 Å². The summed E-state index contributed by atoms with van der Waals surface area (Å²) in [5.41, 5.74) is 4.84. The van der Waals surface area contributed by atoms with Gasteiger partial charge in [0.1, 0.15) is 0 Å². The van der Waals surface area contributed by atoms with E-state index < -0.39 is 0 Å². The van der Waals surface area contributed by atoms with Gasteiger partial charge < -0.3 is 10.2 Å². The molecule has 0 spiro atoms. The van der Waals surface area contributed by atoms with Crippen LogP contribution in [0.15, 0.2) is 42.5 Å². The molecule has 0 aliphatic carbocycles. The van der Waals surface area contributed by atoms with Gasteiger partial charge in [-0.15, -0.1) is 0 Å². The van der Waals surface area contributed by atoms with Crippen LogP contribution in [0.5, 0.6) is 0 Å². The van der Waals surface area contributed by atoms with Gasteiger partial charge in [0, 0.05) is 30.0 Å². The zero-order chi connectivity index (χ0) is 19.4. The van der Waals surface area contributed by atoms with E-state index in [-0.39, 0.29) is 5.91 Å². The third-order valence-electron chi connectivity index (χ3n) is 4.98. The largest absolute Gasteiger partial charge is 0.372 e. The number of nitrogens with zero attached hydrogens (tertiary/aromatic N) is 1. The first kappa shape index (κ1) is 19.4. The lowest BCUT2D eigenvalue weighted by molar-refractivity contribution is 0.0977. The minimum Gasteiger partial charge on any atom is -0.372 e. The second-order valence-electron chi connectivity index (χ2n) is 7.50. The highest BCUT2D eigenvalue weighted by atomic mass is 32.1. The molecule has 2 aromatic rings. The Bertz CT molecular complexity index is 804. The van der Waals surface area contributed by atoms with Crippen LogP contribution in [0.25, 0.3) is 0 Å². The first-order chi connectivity index (χ1) is 12.9. The average molecular weight is 382 g/mol. The zero-order valence-electron chi connectivity index (χ0n) is 16.2. The van der Waals surface area contributed by atoms with Crippen molar-refractivity contribution in [1.82, 2.24) is 5.32 Å². The van der Waals surface area contributed by atoms with E-state index in [2.05, 4.69) is 34.6 Å². The smallest absolute Gasteiger partial charge is 0.257 e. The Labute approximate surface area is 167 Å². The molecule has 3 rings (SSSR count). The van der Waals surface area contributed by atoms with E-state index in [9.17, 15) is 4.79 Å². The fourth-order valence-corrected chi connectivity index (χ4v) is 3.68. The van der Waals surface area contributed by atoms with Crippen LogP contribution >= 0.6 is 12.2 Å². The summed E-state index contributed by atoms with van der Waals surface area (Å²) in [5.74, 6) is 0.624. The number of hydrogen-bond donors (Lipinski definition) is 2. The third kappa shape index (κ3) is 5.30. The lowest BCUT2D eigenvalue weighted by Gasteiger charge is -2.32. The predicted molar refractivity (Wildman–Crippen MR) is 117 cm³/mol. The first-order valence-electron chi connectivity index (χ1n) is 9.46. The summed E-state index contributed by atoms with van der Waals surface area (Å²) in [6.07, 6.45) is 2.49. The van der Waals surface area contributed by atoms with Crippen molar-refractivity contribution in [3.63, 3.8) is 0 Å². The summed E-state index contributed by atoms with van der Waals surface area (Å²) in [6, 6.07) is 14.0. The Morgan fingerprint density at radius 3 is 2.22 bits per heavy atom. The second kappa shape index (κ2) is 8.53. The predicted octanol–water partition coefficient (Wildman–Crippen LogP) is 4.67. The van der Waals surface area contributed by atoms with E-state index in [0.29, 0.717) is 10.7 Å². The highest BCUT2D eigenvalue weighted by Gasteiger charge is 2.16. The summed E-state index contributed by atoms with van der Waals surface area (Å²) < 4.78 is 0. The number of benzene rings is 2. The van der Waals surface area contributed by atoms with Crippen molar-refractivity contribution in [3.8, 4) is 0 Å². The number of piperidine rings is 1. The van der Waals surface area contributed by atoms with Crippen LogP contribution in [0.4, 0.5) is 11.4 Å². The third-order valence-corrected chi connectivity index (χ3v) is 5.19. The van der Waals surface area contributed by atoms with Gasteiger partial charge in [-0.2, -0.15) is 0 Å². The molecular formula is C22H27N3OS. The highest BCUT2D eigenvalue weighted by Crippen LogP contribution is 2.24. The highest BCUT2D eigenvalue weighted by molar-refractivity contribution is 7.80. The molecule has 1 aliphatic heterocycles. The Hall–Kier alpha value is -2.40. The quantitative estimate of drug-likeness (QED) is 0.759. The first-order valence-corrected chi connectivity index (χ1v) is 9.87. The van der Waals surface area contributed by atoms with Gasteiger partial charge in [0.2, 0.25) is 0 Å². The molecule has 0 radical (unpaired) electrons. The topological polar surface area (TPSA) is 44.4 Å². The molecule has 142 valence electrons. The molecule has 0 unspecified atom stereocenters. The molecule has 1 amide bonds. The monoisotopic (exact) mass is 381 g/mol. The van der Waals surface area contributed by atoms with Crippen LogP contribution < -0.4 is 15.5 Å². The number of hydrogen-bond acceptors (Lipinski definition) is 3. The maximum Gasteiger partial charge on any atom is 0.257 e. The van der Waals surface area contributed by atoms with Gasteiger partial charge in [-0.3, -0.25) is 10.1 Å². The van der Waals surface area contributed by atoms with Crippen LogP contribution in [-0.2, 0) is 0 Å². The van der Waals surface area contributed by atoms with Gasteiger partial charge in [0.05, 0.1) is 0 Å². The summed E-state index contributed by atoms with van der Waals surface area (Å²) in [5, 5.41) is 6.15. The summed E-state index contributed by atoms with van der Waals surface area (Å²) >= 11 is 5.30. The van der Waals surface area contributed by atoms with Crippen LogP contribution in [0.1, 0.15) is 41.3 Å². The van der Waals surface area contributed by atoms with Crippen molar-refractivity contribution in [3.05, 3.63) is 59.2 Å². The molecule has 5 heteroatoms. The molecule has 4 nitrogen and oxygen atoms in total. The van der Waals surface area contributed by atoms with Crippen molar-refractivity contribution in [2.24, 2.45) is 5.92 Å². The van der Waals surface area contributed by atoms with Crippen LogP contribution in [-0.4, -0.2) is 24.1 Å². The maximum absolute atomic E-state index is 12.4. The number of carbonyl (C=O) groups excluding carboxylic acids is 1. The van der Waals surface area contributed by atoms with E-state index in [4.69, 9.17) is 12.2 Å². The molecule has 1 aliphatic rings. The number of aryl methyl sites for hydroxylation is 2. The Morgan fingerprint density at radius 1 is 1.04 bits per heavy atom. The molecule has 1 heterocycles. The van der Waals surface area contributed by atoms with Crippen molar-refractivity contribution >= 4 is 34.6 Å². The molecule has 0 saturated carbocycles. The van der Waals surface area contributed by atoms with Gasteiger partial charge in [-0.25, -0.2) is 0 Å². The molecule has 0 bridgehead atoms. The molecule has 1 saturated heterocycles. The number of carbonyl (C=O) groups is 1. The second-order valence-corrected chi connectivity index (χ2v) is 7.91. The summed E-state index contributed by atoms with van der Waals surface area (Å²) in [7, 11) is 0. The molecule has 2 N–H and O–H groups in total. The van der Waals surface area contributed by atoms with Gasteiger partial charge in [-0.05, 0) is 81.2 Å². The van der Waals surface area contributed by atoms with Gasteiger partial charge in [0.25, 0.3) is 5.91 Å². The normalized spacial score (nSPS) is 14.7. The lowest BCUT2D eigenvalue weighted by Crippen LogP contribution is -2.34. The van der Waals surface area contributed by atoms with Gasteiger partial charge >= 0.3 is 0 Å². The molecule has 1 fully saturated rings. The average Bonchev–Trinajstić information content (AvgIpc) is 2.62. The van der Waals surface area contributed by atoms with Gasteiger partial charge in [-0.1, -0.05) is 24.1 Å². The van der Waals surface area contributed by atoms with E-state index in [1.165, 1.54) is 18.5 Å². The van der Waals surface area contributed by atoms with Crippen LogP contribution in [0.3, 0.4) is 0 Å². The van der Waals surface area contributed by atoms with E-state index in [0.717, 1.165) is 35.8 Å². The molecular weight excluding hydrogens is 354 g/mol. The van der Waals surface area contributed by atoms with Crippen molar-refractivity contribution in [2.45, 2.75) is 33.6 Å². The van der Waals surface area contributed by atoms with E-state index in [1.807, 2.05) is 44.2 Å². The van der Waals surface area contributed by atoms with Crippen molar-refractivity contribution in [2.75, 3.05) is 23.3 Å². The van der Waals surface area contributed by atoms with Crippen LogP contribution in [0, 0.1) is 19.8 Å². The summed E-state index contributed by atoms with van der Waals surface area (Å²) in [6.45, 7) is 8.49. The number of anilines is 2. The van der Waals surface area contributed by atoms with Crippen LogP contribution in [0.2, 0.25) is 0 Å². The lowest BCUT2D eigenvalue weighted by atomic mass is 9.99. The minimum absolute atomic E-state index is 0.196. The Balaban J connectivity index is 1.56. The Kier molecular flexibility index (Phi) is 6.11. The van der Waals surface area contributed by atoms with E-state index in [1.54, 1.807) is 0 Å². The standard InChI is InChI=1S/C22H27N3OS/c1-15-8-10-25(11-9-15)20-6-4-19(5-7-20)23-22(27)24-21(26)18-13-16(2)12-17(3)14-18/h4-7,12-15H,8-11H2,1-3H3,(H2,23,24,26,27). The fraction of sp³-hybridized carbons (Fsp3) is 0.364. The number of rotatable bonds is 3. The number of nitrogens with one attached hydrogen (secondary N) is 2. The van der Waals surface area contributed by atoms with Crippen molar-refractivity contribution < 1.29 is 4.79 Å². The number of thiocarbonyl (C=S) groups is 1. The summed E-state index contributed by atoms with van der Waals surface area (Å²) in [4.78, 5) is 14.8. The minimum atomic E-state index is -0.196.